The van der Waals surface area contributed by atoms with E-state index in [1.54, 1.807) is 45.5 Å². The van der Waals surface area contributed by atoms with Crippen molar-refractivity contribution in [1.82, 2.24) is 14.5 Å². The van der Waals surface area contributed by atoms with Crippen molar-refractivity contribution >= 4 is 28.4 Å². The predicted octanol–water partition coefficient (Wildman–Crippen LogP) is 6.08. The number of hydrogen-bond acceptors (Lipinski definition) is 6. The first-order valence-corrected chi connectivity index (χ1v) is 12.8. The first-order chi connectivity index (χ1) is 18.1. The van der Waals surface area contributed by atoms with Gasteiger partial charge in [-0.05, 0) is 41.5 Å². The maximum atomic E-state index is 13.7. The molecule has 3 aromatic heterocycles. The molecule has 1 unspecified atom stereocenters. The number of ketones is 1. The third-order valence-corrected chi connectivity index (χ3v) is 8.05. The van der Waals surface area contributed by atoms with Crippen LogP contribution in [0.1, 0.15) is 32.6 Å². The topological polar surface area (TPSA) is 78.4 Å². The molecule has 1 N–H and O–H groups in total. The van der Waals surface area contributed by atoms with Crippen LogP contribution in [0.2, 0.25) is 0 Å². The quantitative estimate of drug-likeness (QED) is 0.267. The van der Waals surface area contributed by atoms with Crippen molar-refractivity contribution in [2.24, 2.45) is 0 Å². The molecule has 0 amide bonds. The van der Waals surface area contributed by atoms with Gasteiger partial charge in [-0.2, -0.15) is 0 Å². The van der Waals surface area contributed by atoms with Gasteiger partial charge < -0.3 is 23.8 Å². The summed E-state index contributed by atoms with van der Waals surface area (Å²) < 4.78 is 18.7. The zero-order chi connectivity index (χ0) is 25.5. The largest absolute Gasteiger partial charge is 0.493 e. The van der Waals surface area contributed by atoms with E-state index in [9.17, 15) is 4.79 Å². The van der Waals surface area contributed by atoms with Crippen LogP contribution in [-0.4, -0.2) is 41.6 Å². The van der Waals surface area contributed by atoms with Crippen LogP contribution in [0.25, 0.3) is 22.0 Å². The molecular weight excluding hydrogens is 486 g/mol. The number of nitrogens with one attached hydrogen (secondary N) is 1. The lowest BCUT2D eigenvalue weighted by Gasteiger charge is -2.14. The average molecular weight is 512 g/mol. The molecule has 1 aliphatic heterocycles. The number of carbonyl (C=O) groups is 1. The molecule has 0 radical (unpaired) electrons. The van der Waals surface area contributed by atoms with Gasteiger partial charge in [0.05, 0.1) is 21.3 Å². The zero-order valence-corrected chi connectivity index (χ0v) is 21.5. The molecule has 0 saturated heterocycles. The molecule has 1 atom stereocenters. The molecule has 7 nitrogen and oxygen atoms in total. The number of aromatic nitrogens is 3. The van der Waals surface area contributed by atoms with Crippen LogP contribution in [0.3, 0.4) is 0 Å². The van der Waals surface area contributed by atoms with E-state index in [1.165, 1.54) is 0 Å². The Morgan fingerprint density at radius 2 is 1.81 bits per heavy atom. The van der Waals surface area contributed by atoms with Crippen LogP contribution in [0.4, 0.5) is 0 Å². The molecule has 8 heteroatoms. The van der Waals surface area contributed by atoms with Crippen LogP contribution in [0.5, 0.6) is 17.2 Å². The van der Waals surface area contributed by atoms with E-state index in [4.69, 9.17) is 14.2 Å². The number of carbonyl (C=O) groups excluding carboxylic acids is 1. The summed E-state index contributed by atoms with van der Waals surface area (Å²) in [6.07, 6.45) is 7.48. The van der Waals surface area contributed by atoms with Crippen molar-refractivity contribution in [1.29, 1.82) is 0 Å². The maximum absolute atomic E-state index is 13.7. The Kier molecular flexibility index (Phi) is 5.88. The number of fused-ring (bicyclic) bond motifs is 2. The maximum Gasteiger partial charge on any atom is 0.203 e. The standard InChI is InChI=1S/C29H25N3O4S/c1-34-25-12-19(13-26(35-2)28(25)36-3)17-6-7-20-22(15-31-23(20)11-17)27(33)21-8-10-32-24(21)16-37-29(32)18-5-4-9-30-14-18/h4-15,29,31H,16H2,1-3H3. The Balaban J connectivity index is 1.34. The molecule has 0 bridgehead atoms. The van der Waals surface area contributed by atoms with Gasteiger partial charge in [0.2, 0.25) is 5.75 Å². The first kappa shape index (κ1) is 23.2. The van der Waals surface area contributed by atoms with E-state index in [0.717, 1.165) is 44.6 Å². The number of benzene rings is 2. The predicted molar refractivity (Wildman–Crippen MR) is 145 cm³/mol. The lowest BCUT2D eigenvalue weighted by atomic mass is 9.99. The number of H-pyrrole nitrogens is 1. The molecule has 4 heterocycles. The Bertz CT molecular complexity index is 1600. The van der Waals surface area contributed by atoms with Gasteiger partial charge in [0, 0.05) is 63.8 Å². The first-order valence-electron chi connectivity index (χ1n) is 11.8. The molecule has 2 aromatic carbocycles. The summed E-state index contributed by atoms with van der Waals surface area (Å²) in [4.78, 5) is 21.2. The summed E-state index contributed by atoms with van der Waals surface area (Å²) in [5.41, 5.74) is 6.35. The number of pyridine rings is 1. The Morgan fingerprint density at radius 3 is 2.51 bits per heavy atom. The van der Waals surface area contributed by atoms with E-state index in [1.807, 2.05) is 54.9 Å². The molecule has 0 aliphatic carbocycles. The number of rotatable bonds is 7. The monoisotopic (exact) mass is 511 g/mol. The van der Waals surface area contributed by atoms with Gasteiger partial charge in [0.25, 0.3) is 0 Å². The van der Waals surface area contributed by atoms with Crippen LogP contribution in [0.15, 0.2) is 73.3 Å². The van der Waals surface area contributed by atoms with Gasteiger partial charge in [-0.3, -0.25) is 9.78 Å². The lowest BCUT2D eigenvalue weighted by Crippen LogP contribution is -2.05. The fraction of sp³-hybridized carbons (Fsp3) is 0.172. The fourth-order valence-electron chi connectivity index (χ4n) is 4.96. The Labute approximate surface area is 218 Å². The highest BCUT2D eigenvalue weighted by molar-refractivity contribution is 7.99. The van der Waals surface area contributed by atoms with Gasteiger partial charge in [0.15, 0.2) is 17.3 Å². The molecule has 37 heavy (non-hydrogen) atoms. The van der Waals surface area contributed by atoms with Crippen LogP contribution < -0.4 is 14.2 Å². The minimum Gasteiger partial charge on any atom is -0.493 e. The Morgan fingerprint density at radius 1 is 1.00 bits per heavy atom. The molecule has 1 aliphatic rings. The molecule has 0 spiro atoms. The van der Waals surface area contributed by atoms with E-state index in [0.29, 0.717) is 22.8 Å². The van der Waals surface area contributed by atoms with E-state index in [2.05, 4.69) is 20.6 Å². The third-order valence-electron chi connectivity index (χ3n) is 6.79. The second-order valence-corrected chi connectivity index (χ2v) is 9.81. The van der Waals surface area contributed by atoms with E-state index in [-0.39, 0.29) is 11.2 Å². The molecule has 6 rings (SSSR count). The van der Waals surface area contributed by atoms with Gasteiger partial charge in [-0.1, -0.05) is 18.2 Å². The van der Waals surface area contributed by atoms with Crippen molar-refractivity contribution in [2.75, 3.05) is 21.3 Å². The van der Waals surface area contributed by atoms with Gasteiger partial charge in [-0.25, -0.2) is 0 Å². The summed E-state index contributed by atoms with van der Waals surface area (Å²) >= 11 is 1.80. The lowest BCUT2D eigenvalue weighted by molar-refractivity contribution is 0.103. The fourth-order valence-corrected chi connectivity index (χ4v) is 6.27. The second-order valence-electron chi connectivity index (χ2n) is 8.74. The van der Waals surface area contributed by atoms with Crippen LogP contribution in [0, 0.1) is 0 Å². The van der Waals surface area contributed by atoms with Gasteiger partial charge in [-0.15, -0.1) is 11.8 Å². The van der Waals surface area contributed by atoms with E-state index < -0.39 is 0 Å². The highest BCUT2D eigenvalue weighted by Crippen LogP contribution is 2.43. The van der Waals surface area contributed by atoms with Crippen molar-refractivity contribution < 1.29 is 19.0 Å². The zero-order valence-electron chi connectivity index (χ0n) is 20.6. The normalized spacial score (nSPS) is 14.5. The van der Waals surface area contributed by atoms with Crippen molar-refractivity contribution in [3.05, 3.63) is 95.7 Å². The highest BCUT2D eigenvalue weighted by Gasteiger charge is 2.29. The summed E-state index contributed by atoms with van der Waals surface area (Å²) in [5, 5.41) is 1.02. The number of hydrogen-bond donors (Lipinski definition) is 1. The van der Waals surface area contributed by atoms with E-state index >= 15 is 0 Å². The summed E-state index contributed by atoms with van der Waals surface area (Å²) in [5.74, 6) is 2.52. The molecule has 0 saturated carbocycles. The van der Waals surface area contributed by atoms with Crippen molar-refractivity contribution in [3.8, 4) is 28.4 Å². The molecule has 186 valence electrons. The van der Waals surface area contributed by atoms with Crippen molar-refractivity contribution in [3.63, 3.8) is 0 Å². The SMILES string of the molecule is COc1cc(-c2ccc3c(C(=O)c4ccn5c4CSC5c4cccnc4)c[nH]c3c2)cc(OC)c1OC. The van der Waals surface area contributed by atoms with Crippen LogP contribution in [-0.2, 0) is 5.75 Å². The third kappa shape index (κ3) is 3.84. The smallest absolute Gasteiger partial charge is 0.203 e. The Hall–Kier alpha value is -4.17. The van der Waals surface area contributed by atoms with Gasteiger partial charge in [0.1, 0.15) is 5.37 Å². The summed E-state index contributed by atoms with van der Waals surface area (Å²) in [7, 11) is 4.79. The number of aromatic amines is 1. The second kappa shape index (κ2) is 9.37. The van der Waals surface area contributed by atoms with Gasteiger partial charge >= 0.3 is 0 Å². The number of methoxy groups -OCH3 is 3. The minimum atomic E-state index is 0.0213. The minimum absolute atomic E-state index is 0.0213. The molecular formula is C29H25N3O4S. The average Bonchev–Trinajstić information content (AvgIpc) is 3.67. The number of nitrogens with zero attached hydrogens (tertiary/aromatic N) is 2. The van der Waals surface area contributed by atoms with Crippen LogP contribution >= 0.6 is 11.8 Å². The number of thioether (sulfide) groups is 1. The number of ether oxygens (including phenoxy) is 3. The molecule has 5 aromatic rings. The summed E-state index contributed by atoms with van der Waals surface area (Å²) in [6, 6.07) is 15.8. The summed E-state index contributed by atoms with van der Waals surface area (Å²) in [6.45, 7) is 0. The highest BCUT2D eigenvalue weighted by atomic mass is 32.2. The molecule has 0 fully saturated rings. The van der Waals surface area contributed by atoms with Crippen molar-refractivity contribution in [2.45, 2.75) is 11.1 Å².